The maximum Gasteiger partial charge on any atom is 0.263 e. The van der Waals surface area contributed by atoms with Gasteiger partial charge >= 0.3 is 0 Å². The minimum atomic E-state index is -2.43. The van der Waals surface area contributed by atoms with Crippen LogP contribution in [-0.4, -0.2) is 24.0 Å². The lowest BCUT2D eigenvalue weighted by Gasteiger charge is -2.36. The van der Waals surface area contributed by atoms with E-state index in [2.05, 4.69) is 25.7 Å². The Morgan fingerprint density at radius 1 is 1.19 bits per heavy atom. The van der Waals surface area contributed by atoms with E-state index in [0.29, 0.717) is 12.6 Å². The number of nitrogens with zero attached hydrogens (tertiary/aromatic N) is 1. The first-order chi connectivity index (χ1) is 10.0. The fourth-order valence-corrected chi connectivity index (χ4v) is 2.62. The van der Waals surface area contributed by atoms with Crippen LogP contribution in [0, 0.1) is 0 Å². The molecule has 120 valence electrons. The summed E-state index contributed by atoms with van der Waals surface area (Å²) in [6.45, 7) is 7.87. The third kappa shape index (κ3) is 5.04. The summed E-state index contributed by atoms with van der Waals surface area (Å²) >= 11 is 0. The summed E-state index contributed by atoms with van der Waals surface area (Å²) in [5.74, 6) is 0. The summed E-state index contributed by atoms with van der Waals surface area (Å²) in [7, 11) is 0. The molecule has 0 aliphatic carbocycles. The Bertz CT molecular complexity index is 410. The second-order valence-electron chi connectivity index (χ2n) is 5.57. The monoisotopic (exact) mass is 298 g/mol. The van der Waals surface area contributed by atoms with Crippen LogP contribution in [0.4, 0.5) is 8.78 Å². The Balaban J connectivity index is 3.03. The molecule has 0 saturated heterocycles. The predicted octanol–water partition coefficient (Wildman–Crippen LogP) is 4.52. The van der Waals surface area contributed by atoms with E-state index in [4.69, 9.17) is 5.73 Å². The van der Waals surface area contributed by atoms with Gasteiger partial charge in [-0.2, -0.15) is 0 Å². The molecule has 0 saturated carbocycles. The third-order valence-electron chi connectivity index (χ3n) is 4.10. The smallest absolute Gasteiger partial charge is 0.263 e. The van der Waals surface area contributed by atoms with Gasteiger partial charge in [-0.3, -0.25) is 4.90 Å². The molecule has 2 nitrogen and oxygen atoms in total. The van der Waals surface area contributed by atoms with E-state index in [0.717, 1.165) is 31.4 Å². The van der Waals surface area contributed by atoms with Crippen molar-refractivity contribution in [1.82, 2.24) is 4.90 Å². The Hall–Kier alpha value is -1.00. The van der Waals surface area contributed by atoms with Crippen molar-refractivity contribution in [3.63, 3.8) is 0 Å². The predicted molar refractivity (Wildman–Crippen MR) is 84.6 cm³/mol. The molecular weight excluding hydrogens is 270 g/mol. The van der Waals surface area contributed by atoms with Crippen molar-refractivity contribution < 1.29 is 8.78 Å². The Morgan fingerprint density at radius 2 is 1.86 bits per heavy atom. The van der Waals surface area contributed by atoms with E-state index in [1.54, 1.807) is 12.1 Å². The summed E-state index contributed by atoms with van der Waals surface area (Å²) in [5, 5.41) is 0. The molecule has 0 spiro atoms. The van der Waals surface area contributed by atoms with Crippen molar-refractivity contribution in [3.8, 4) is 0 Å². The van der Waals surface area contributed by atoms with Crippen LogP contribution in [0.2, 0.25) is 0 Å². The van der Waals surface area contributed by atoms with E-state index in [-0.39, 0.29) is 11.6 Å². The normalized spacial score (nSPS) is 14.7. The lowest BCUT2D eigenvalue weighted by Crippen LogP contribution is -2.40. The Kier molecular flexibility index (Phi) is 7.83. The zero-order valence-electron chi connectivity index (χ0n) is 13.4. The fraction of sp³-hybridized carbons (Fsp3) is 0.647. The molecule has 21 heavy (non-hydrogen) atoms. The average molecular weight is 298 g/mol. The molecule has 4 heteroatoms. The maximum absolute atomic E-state index is 12.9. The number of alkyl halides is 2. The van der Waals surface area contributed by atoms with Gasteiger partial charge < -0.3 is 5.73 Å². The number of benzene rings is 1. The molecule has 2 atom stereocenters. The molecule has 1 aromatic rings. The second kappa shape index (κ2) is 9.11. The zero-order chi connectivity index (χ0) is 15.8. The first-order valence-corrected chi connectivity index (χ1v) is 7.88. The molecule has 2 unspecified atom stereocenters. The van der Waals surface area contributed by atoms with Crippen LogP contribution < -0.4 is 5.73 Å². The molecule has 2 N–H and O–H groups in total. The maximum atomic E-state index is 12.9. The van der Waals surface area contributed by atoms with Crippen molar-refractivity contribution in [2.45, 2.75) is 58.5 Å². The number of halogens is 2. The van der Waals surface area contributed by atoms with Crippen LogP contribution in [0.25, 0.3) is 0 Å². The second-order valence-corrected chi connectivity index (χ2v) is 5.57. The van der Waals surface area contributed by atoms with Crippen LogP contribution >= 0.6 is 0 Å². The van der Waals surface area contributed by atoms with Gasteiger partial charge in [-0.15, -0.1) is 0 Å². The summed E-state index contributed by atoms with van der Waals surface area (Å²) < 4.78 is 25.8. The lowest BCUT2D eigenvalue weighted by atomic mass is 10.00. The fourth-order valence-electron chi connectivity index (χ4n) is 2.62. The SMILES string of the molecule is CCCCN(C(C)CC)C(CN)c1cccc(C(F)F)c1. The minimum Gasteiger partial charge on any atom is -0.329 e. The number of hydrogen-bond donors (Lipinski definition) is 1. The van der Waals surface area contributed by atoms with Gasteiger partial charge in [0.2, 0.25) is 0 Å². The van der Waals surface area contributed by atoms with E-state index >= 15 is 0 Å². The molecule has 0 heterocycles. The molecule has 1 aromatic carbocycles. The molecule has 1 rings (SSSR count). The summed E-state index contributed by atoms with van der Waals surface area (Å²) in [6, 6.07) is 7.08. The summed E-state index contributed by atoms with van der Waals surface area (Å²) in [5.41, 5.74) is 6.94. The standard InChI is InChI=1S/C17H28F2N2/c1-4-6-10-21(13(3)5-2)16(12-20)14-8-7-9-15(11-14)17(18)19/h7-9,11,13,16-17H,4-6,10,12,20H2,1-3H3. The van der Waals surface area contributed by atoms with Crippen LogP contribution in [0.1, 0.15) is 63.6 Å². The van der Waals surface area contributed by atoms with Gasteiger partial charge in [0.05, 0.1) is 0 Å². The molecule has 0 bridgehead atoms. The van der Waals surface area contributed by atoms with E-state index in [9.17, 15) is 8.78 Å². The zero-order valence-corrected chi connectivity index (χ0v) is 13.4. The number of hydrogen-bond acceptors (Lipinski definition) is 2. The van der Waals surface area contributed by atoms with Gasteiger partial charge in [0.1, 0.15) is 0 Å². The number of nitrogens with two attached hydrogens (primary N) is 1. The highest BCUT2D eigenvalue weighted by molar-refractivity contribution is 5.27. The largest absolute Gasteiger partial charge is 0.329 e. The van der Waals surface area contributed by atoms with E-state index in [1.165, 1.54) is 6.07 Å². The van der Waals surface area contributed by atoms with Crippen molar-refractivity contribution in [3.05, 3.63) is 35.4 Å². The lowest BCUT2D eigenvalue weighted by molar-refractivity contribution is 0.138. The van der Waals surface area contributed by atoms with E-state index in [1.807, 2.05) is 6.07 Å². The number of rotatable bonds is 9. The number of unbranched alkanes of at least 4 members (excludes halogenated alkanes) is 1. The molecule has 0 aliphatic rings. The van der Waals surface area contributed by atoms with Gasteiger partial charge in [0.25, 0.3) is 6.43 Å². The van der Waals surface area contributed by atoms with Gasteiger partial charge in [-0.25, -0.2) is 8.78 Å². The van der Waals surface area contributed by atoms with Crippen molar-refractivity contribution in [2.75, 3.05) is 13.1 Å². The minimum absolute atomic E-state index is 0.00481. The van der Waals surface area contributed by atoms with Crippen LogP contribution in [0.15, 0.2) is 24.3 Å². The highest BCUT2D eigenvalue weighted by Crippen LogP contribution is 2.27. The summed E-state index contributed by atoms with van der Waals surface area (Å²) in [4.78, 5) is 2.36. The molecule has 0 amide bonds. The molecular formula is C17H28F2N2. The van der Waals surface area contributed by atoms with Crippen LogP contribution in [0.3, 0.4) is 0 Å². The molecule has 0 radical (unpaired) electrons. The average Bonchev–Trinajstić information content (AvgIpc) is 2.50. The van der Waals surface area contributed by atoms with Crippen molar-refractivity contribution in [1.29, 1.82) is 0 Å². The van der Waals surface area contributed by atoms with Gasteiger partial charge in [-0.1, -0.05) is 38.5 Å². The first-order valence-electron chi connectivity index (χ1n) is 7.88. The molecule has 0 fully saturated rings. The van der Waals surface area contributed by atoms with Gasteiger partial charge in [0, 0.05) is 24.2 Å². The summed E-state index contributed by atoms with van der Waals surface area (Å²) in [6.07, 6.45) is 0.793. The molecule has 0 aromatic heterocycles. The Morgan fingerprint density at radius 3 is 2.38 bits per heavy atom. The Labute approximate surface area is 127 Å². The highest BCUT2D eigenvalue weighted by Gasteiger charge is 2.23. The van der Waals surface area contributed by atoms with Crippen LogP contribution in [-0.2, 0) is 0 Å². The third-order valence-corrected chi connectivity index (χ3v) is 4.10. The van der Waals surface area contributed by atoms with Gasteiger partial charge in [0.15, 0.2) is 0 Å². The van der Waals surface area contributed by atoms with Gasteiger partial charge in [-0.05, 0) is 37.9 Å². The van der Waals surface area contributed by atoms with E-state index < -0.39 is 6.43 Å². The molecule has 0 aliphatic heterocycles. The van der Waals surface area contributed by atoms with Crippen LogP contribution in [0.5, 0.6) is 0 Å². The van der Waals surface area contributed by atoms with Crippen molar-refractivity contribution >= 4 is 0 Å². The quantitative estimate of drug-likeness (QED) is 0.726. The first kappa shape index (κ1) is 18.1. The van der Waals surface area contributed by atoms with Crippen molar-refractivity contribution in [2.24, 2.45) is 5.73 Å². The highest BCUT2D eigenvalue weighted by atomic mass is 19.3. The topological polar surface area (TPSA) is 29.3 Å².